The summed E-state index contributed by atoms with van der Waals surface area (Å²) in [6.45, 7) is 6.96. The third kappa shape index (κ3) is 8.58. The number of carbonyl (C=O) groups is 6. The summed E-state index contributed by atoms with van der Waals surface area (Å²) < 4.78 is 16.4. The lowest BCUT2D eigenvalue weighted by atomic mass is 10.0. The quantitative estimate of drug-likeness (QED) is 0.214. The van der Waals surface area contributed by atoms with Crippen molar-refractivity contribution in [2.45, 2.75) is 58.1 Å². The molecular weight excluding hydrogens is 524 g/mol. The van der Waals surface area contributed by atoms with Gasteiger partial charge in [-0.3, -0.25) is 39.0 Å². The molecule has 1 atom stereocenters. The number of benzene rings is 1. The molecule has 0 spiro atoms. The summed E-state index contributed by atoms with van der Waals surface area (Å²) in [7, 11) is 0. The maximum Gasteiger partial charge on any atom is 0.266 e. The third-order valence-corrected chi connectivity index (χ3v) is 6.00. The molecule has 0 bridgehead atoms. The fraction of sp³-hybridized carbons (Fsp3) is 0.556. The summed E-state index contributed by atoms with van der Waals surface area (Å²) in [6.07, 6.45) is 1.27. The monoisotopic (exact) mass is 560 g/mol. The molecule has 2 aliphatic rings. The van der Waals surface area contributed by atoms with Crippen LogP contribution in [0.4, 0.5) is 0 Å². The second kappa shape index (κ2) is 14.0. The van der Waals surface area contributed by atoms with Crippen molar-refractivity contribution >= 4 is 35.4 Å². The van der Waals surface area contributed by atoms with Gasteiger partial charge in [0.05, 0.1) is 16.7 Å². The van der Waals surface area contributed by atoms with Crippen LogP contribution >= 0.6 is 0 Å². The second-order valence-corrected chi connectivity index (χ2v) is 10.3. The van der Waals surface area contributed by atoms with Crippen LogP contribution in [0.25, 0.3) is 0 Å². The number of rotatable bonds is 14. The van der Waals surface area contributed by atoms with Crippen LogP contribution in [0.2, 0.25) is 0 Å². The molecule has 40 heavy (non-hydrogen) atoms. The topological polar surface area (TPSA) is 169 Å². The highest BCUT2D eigenvalue weighted by molar-refractivity contribution is 6.24. The zero-order chi connectivity index (χ0) is 29.3. The van der Waals surface area contributed by atoms with Gasteiger partial charge in [-0.15, -0.1) is 0 Å². The molecule has 1 aromatic rings. The van der Waals surface area contributed by atoms with Crippen molar-refractivity contribution in [2.24, 2.45) is 0 Å². The van der Waals surface area contributed by atoms with Gasteiger partial charge in [0.15, 0.2) is 6.61 Å². The Balaban J connectivity index is 1.33. The molecule has 13 heteroatoms. The van der Waals surface area contributed by atoms with Crippen LogP contribution in [0.3, 0.4) is 0 Å². The van der Waals surface area contributed by atoms with Crippen LogP contribution in [-0.4, -0.2) is 91.5 Å². The van der Waals surface area contributed by atoms with E-state index in [1.165, 1.54) is 18.2 Å². The smallest absolute Gasteiger partial charge is 0.266 e. The van der Waals surface area contributed by atoms with Crippen molar-refractivity contribution in [1.82, 2.24) is 20.9 Å². The minimum Gasteiger partial charge on any atom is -0.483 e. The van der Waals surface area contributed by atoms with Gasteiger partial charge in [-0.25, -0.2) is 0 Å². The Bertz CT molecular complexity index is 1150. The summed E-state index contributed by atoms with van der Waals surface area (Å²) in [5.41, 5.74) is -0.316. The third-order valence-electron chi connectivity index (χ3n) is 6.00. The zero-order valence-electron chi connectivity index (χ0n) is 23.0. The minimum absolute atomic E-state index is 0.00968. The second-order valence-electron chi connectivity index (χ2n) is 10.3. The van der Waals surface area contributed by atoms with Gasteiger partial charge in [-0.1, -0.05) is 6.07 Å². The van der Waals surface area contributed by atoms with Crippen molar-refractivity contribution in [3.05, 3.63) is 29.3 Å². The zero-order valence-corrected chi connectivity index (χ0v) is 23.0. The van der Waals surface area contributed by atoms with Gasteiger partial charge in [0.1, 0.15) is 18.4 Å². The fourth-order valence-corrected chi connectivity index (χ4v) is 4.04. The molecule has 218 valence electrons. The summed E-state index contributed by atoms with van der Waals surface area (Å²) in [6, 6.07) is 3.35. The summed E-state index contributed by atoms with van der Waals surface area (Å²) in [5.74, 6) is -3.06. The molecule has 1 unspecified atom stereocenters. The Hall–Kier alpha value is -3.84. The van der Waals surface area contributed by atoms with E-state index < -0.39 is 35.6 Å². The SMILES string of the molecule is CC(C)(C)OCC(=O)NCCCOCCCNC(=O)COc1cccc2c1C(=O)N(C1CCC(=O)NC1=O)C2=O. The first-order valence-corrected chi connectivity index (χ1v) is 13.2. The van der Waals surface area contributed by atoms with Gasteiger partial charge >= 0.3 is 0 Å². The number of piperidine rings is 1. The molecule has 13 nitrogen and oxygen atoms in total. The number of nitrogens with one attached hydrogen (secondary N) is 3. The highest BCUT2D eigenvalue weighted by Crippen LogP contribution is 2.33. The molecule has 3 rings (SSSR count). The first-order chi connectivity index (χ1) is 19.0. The predicted molar refractivity (Wildman–Crippen MR) is 140 cm³/mol. The van der Waals surface area contributed by atoms with Crippen LogP contribution in [-0.2, 0) is 28.7 Å². The van der Waals surface area contributed by atoms with Gasteiger partial charge in [0, 0.05) is 32.7 Å². The van der Waals surface area contributed by atoms with Crippen molar-refractivity contribution in [3.63, 3.8) is 0 Å². The minimum atomic E-state index is -1.09. The number of nitrogens with zero attached hydrogens (tertiary/aromatic N) is 1. The number of imide groups is 2. The molecule has 6 amide bonds. The van der Waals surface area contributed by atoms with E-state index in [4.69, 9.17) is 14.2 Å². The molecule has 0 aromatic heterocycles. The molecular formula is C27H36N4O9. The summed E-state index contributed by atoms with van der Waals surface area (Å²) in [5, 5.41) is 7.59. The fourth-order valence-electron chi connectivity index (χ4n) is 4.04. The van der Waals surface area contributed by atoms with Gasteiger partial charge in [0.25, 0.3) is 17.7 Å². The van der Waals surface area contributed by atoms with E-state index in [1.807, 2.05) is 20.8 Å². The molecule has 1 fully saturated rings. The largest absolute Gasteiger partial charge is 0.483 e. The number of hydrogen-bond acceptors (Lipinski definition) is 9. The Morgan fingerprint density at radius 1 is 0.975 bits per heavy atom. The van der Waals surface area contributed by atoms with E-state index in [-0.39, 0.29) is 54.4 Å². The Morgan fingerprint density at radius 2 is 1.62 bits per heavy atom. The summed E-state index contributed by atoms with van der Waals surface area (Å²) in [4.78, 5) is 74.3. The first kappa shape index (κ1) is 30.7. The van der Waals surface area contributed by atoms with Crippen molar-refractivity contribution < 1.29 is 43.0 Å². The normalized spacial score (nSPS) is 17.0. The van der Waals surface area contributed by atoms with Crippen LogP contribution < -0.4 is 20.7 Å². The van der Waals surface area contributed by atoms with E-state index in [2.05, 4.69) is 16.0 Å². The van der Waals surface area contributed by atoms with E-state index in [1.54, 1.807) is 0 Å². The molecule has 0 aliphatic carbocycles. The molecule has 1 saturated heterocycles. The van der Waals surface area contributed by atoms with Crippen LogP contribution in [0.1, 0.15) is 67.2 Å². The van der Waals surface area contributed by atoms with Crippen LogP contribution in [0.15, 0.2) is 18.2 Å². The average molecular weight is 561 g/mol. The highest BCUT2D eigenvalue weighted by atomic mass is 16.5. The maximum atomic E-state index is 13.1. The van der Waals surface area contributed by atoms with Crippen molar-refractivity contribution in [1.29, 1.82) is 0 Å². The number of fused-ring (bicyclic) bond motifs is 1. The van der Waals surface area contributed by atoms with E-state index in [9.17, 15) is 28.8 Å². The molecule has 1 aromatic carbocycles. The maximum absolute atomic E-state index is 13.1. The number of amides is 6. The predicted octanol–water partition coefficient (Wildman–Crippen LogP) is 0.311. The molecule has 2 heterocycles. The van der Waals surface area contributed by atoms with Crippen molar-refractivity contribution in [3.8, 4) is 5.75 Å². The lowest BCUT2D eigenvalue weighted by Crippen LogP contribution is -2.54. The van der Waals surface area contributed by atoms with Crippen LogP contribution in [0, 0.1) is 0 Å². The van der Waals surface area contributed by atoms with Gasteiger partial charge < -0.3 is 24.8 Å². The van der Waals surface area contributed by atoms with E-state index in [0.29, 0.717) is 39.1 Å². The Kier molecular flexibility index (Phi) is 10.7. The Morgan fingerprint density at radius 3 is 2.25 bits per heavy atom. The highest BCUT2D eigenvalue weighted by Gasteiger charge is 2.46. The number of hydrogen-bond donors (Lipinski definition) is 3. The van der Waals surface area contributed by atoms with E-state index >= 15 is 0 Å². The molecule has 3 N–H and O–H groups in total. The Labute approximate surface area is 232 Å². The molecule has 0 radical (unpaired) electrons. The van der Waals surface area contributed by atoms with E-state index in [0.717, 1.165) is 4.90 Å². The van der Waals surface area contributed by atoms with Gasteiger partial charge in [-0.05, 0) is 52.2 Å². The number of carbonyl (C=O) groups excluding carboxylic acids is 6. The molecule has 2 aliphatic heterocycles. The summed E-state index contributed by atoms with van der Waals surface area (Å²) >= 11 is 0. The number of ether oxygens (including phenoxy) is 3. The standard InChI is InChI=1S/C27H36N4O9/c1-27(2,3)40-16-22(34)29-12-6-14-38-13-5-11-28-21(33)15-39-19-8-4-7-17-23(19)26(37)31(25(17)36)18-9-10-20(32)30-24(18)35/h4,7-8,18H,5-6,9-16H2,1-3H3,(H,28,33)(H,29,34)(H,30,32,35). The lowest BCUT2D eigenvalue weighted by molar-refractivity contribution is -0.136. The average Bonchev–Trinajstić information content (AvgIpc) is 3.15. The first-order valence-electron chi connectivity index (χ1n) is 13.2. The lowest BCUT2D eigenvalue weighted by Gasteiger charge is -2.27. The van der Waals surface area contributed by atoms with Gasteiger partial charge in [-0.2, -0.15) is 0 Å². The molecule has 0 saturated carbocycles. The van der Waals surface area contributed by atoms with Gasteiger partial charge in [0.2, 0.25) is 17.7 Å². The van der Waals surface area contributed by atoms with Crippen LogP contribution in [0.5, 0.6) is 5.75 Å². The van der Waals surface area contributed by atoms with Crippen molar-refractivity contribution in [2.75, 3.05) is 39.5 Å².